The molecule has 3 N–H and O–H groups in total. The second kappa shape index (κ2) is 6.53. The van der Waals surface area contributed by atoms with Crippen LogP contribution in [0.4, 0.5) is 5.69 Å². The largest absolute Gasteiger partial charge is 0.478 e. The molecular formula is C23H21N2O3+. The third-order valence-corrected chi connectivity index (χ3v) is 4.92. The van der Waals surface area contributed by atoms with Gasteiger partial charge in [0.05, 0.1) is 11.6 Å². The molecule has 1 heterocycles. The molecule has 5 nitrogen and oxygen atoms in total. The molecule has 2 aliphatic rings. The van der Waals surface area contributed by atoms with Crippen molar-refractivity contribution in [1.29, 1.82) is 0 Å². The summed E-state index contributed by atoms with van der Waals surface area (Å²) in [4.78, 5) is 11.9. The van der Waals surface area contributed by atoms with Crippen molar-refractivity contribution in [2.24, 2.45) is 0 Å². The standard InChI is InChI=1S/C23H20N2O3/c1-13-4-7-16(23(26)27)19(10-13)22-17-8-5-14(24)11-20(17)28-21-12-15(25(2)3)6-9-18(21)22/h4-12,24H,1-3H3,(H,26,27)/p+1. The zero-order valence-electron chi connectivity index (χ0n) is 16.0. The highest BCUT2D eigenvalue weighted by Gasteiger charge is 2.22. The highest BCUT2D eigenvalue weighted by molar-refractivity contribution is 6.07. The summed E-state index contributed by atoms with van der Waals surface area (Å²) in [5.41, 5.74) is 10.8. The number of aromatic carboxylic acids is 1. The number of aryl methyl sites for hydroxylation is 1. The Hall–Kier alpha value is -3.60. The lowest BCUT2D eigenvalue weighted by molar-refractivity contribution is 0.0697. The zero-order valence-corrected chi connectivity index (χ0v) is 16.0. The minimum atomic E-state index is -0.961. The Bertz CT molecular complexity index is 1280. The maximum Gasteiger partial charge on any atom is 0.336 e. The summed E-state index contributed by atoms with van der Waals surface area (Å²) in [5, 5.41) is 11.6. The number of fused-ring (bicyclic) bond motifs is 2. The summed E-state index contributed by atoms with van der Waals surface area (Å²) >= 11 is 0. The molecule has 0 radical (unpaired) electrons. The molecular weight excluding hydrogens is 352 g/mol. The van der Waals surface area contributed by atoms with Crippen LogP contribution >= 0.6 is 0 Å². The predicted molar refractivity (Wildman–Crippen MR) is 111 cm³/mol. The molecule has 140 valence electrons. The molecule has 2 aromatic rings. The molecule has 0 unspecified atom stereocenters. The molecule has 1 aliphatic carbocycles. The Morgan fingerprint density at radius 3 is 2.50 bits per heavy atom. The molecule has 0 saturated carbocycles. The first-order valence-electron chi connectivity index (χ1n) is 8.96. The second-order valence-corrected chi connectivity index (χ2v) is 7.16. The van der Waals surface area contributed by atoms with Crippen LogP contribution in [0.25, 0.3) is 33.4 Å². The van der Waals surface area contributed by atoms with E-state index >= 15 is 0 Å². The van der Waals surface area contributed by atoms with Gasteiger partial charge in [-0.15, -0.1) is 0 Å². The molecule has 28 heavy (non-hydrogen) atoms. The first kappa shape index (κ1) is 17.8. The van der Waals surface area contributed by atoms with Crippen molar-refractivity contribution >= 4 is 22.6 Å². The number of rotatable bonds is 2. The van der Waals surface area contributed by atoms with Crippen LogP contribution in [0.3, 0.4) is 0 Å². The Kier molecular flexibility index (Phi) is 4.15. The van der Waals surface area contributed by atoms with E-state index in [0.29, 0.717) is 22.6 Å². The maximum absolute atomic E-state index is 11.9. The summed E-state index contributed by atoms with van der Waals surface area (Å²) < 4.78 is 8.15. The van der Waals surface area contributed by atoms with E-state index in [1.165, 1.54) is 0 Å². The molecule has 4 rings (SSSR count). The van der Waals surface area contributed by atoms with E-state index in [0.717, 1.165) is 27.4 Å². The topological polar surface area (TPSA) is 79.5 Å². The van der Waals surface area contributed by atoms with Crippen LogP contribution in [0, 0.1) is 6.92 Å². The number of carboxylic acids is 1. The SMILES string of the molecule is Cc1ccc(C(=O)O)c(-c2c3ccc(=[N+](C)C)cc-3oc3cc(N)ccc23)c1. The average molecular weight is 373 g/mol. The van der Waals surface area contributed by atoms with E-state index in [1.54, 1.807) is 18.2 Å². The first-order valence-corrected chi connectivity index (χ1v) is 8.96. The van der Waals surface area contributed by atoms with Crippen LogP contribution in [0.1, 0.15) is 15.9 Å². The molecule has 0 saturated heterocycles. The zero-order chi connectivity index (χ0) is 20.0. The van der Waals surface area contributed by atoms with E-state index in [2.05, 4.69) is 0 Å². The van der Waals surface area contributed by atoms with Crippen LogP contribution in [-0.4, -0.2) is 25.2 Å². The Balaban J connectivity index is 2.23. The van der Waals surface area contributed by atoms with Crippen molar-refractivity contribution in [2.75, 3.05) is 19.8 Å². The van der Waals surface area contributed by atoms with Gasteiger partial charge in [-0.2, -0.15) is 0 Å². The van der Waals surface area contributed by atoms with Crippen molar-refractivity contribution in [3.63, 3.8) is 0 Å². The van der Waals surface area contributed by atoms with Crippen LogP contribution in [0.2, 0.25) is 0 Å². The maximum atomic E-state index is 11.9. The van der Waals surface area contributed by atoms with Gasteiger partial charge in [-0.05, 0) is 36.8 Å². The van der Waals surface area contributed by atoms with Gasteiger partial charge in [0.15, 0.2) is 0 Å². The quantitative estimate of drug-likeness (QED) is 0.318. The van der Waals surface area contributed by atoms with Gasteiger partial charge in [0.1, 0.15) is 25.4 Å². The minimum Gasteiger partial charge on any atom is -0.478 e. The Labute approximate surface area is 162 Å². The van der Waals surface area contributed by atoms with Crippen molar-refractivity contribution < 1.29 is 14.3 Å². The van der Waals surface area contributed by atoms with Gasteiger partial charge in [0, 0.05) is 34.3 Å². The summed E-state index contributed by atoms with van der Waals surface area (Å²) in [6.45, 7) is 1.95. The van der Waals surface area contributed by atoms with Crippen molar-refractivity contribution in [3.8, 4) is 22.5 Å². The lowest BCUT2D eigenvalue weighted by atomic mass is 9.90. The molecule has 0 amide bonds. The summed E-state index contributed by atoms with van der Waals surface area (Å²) in [6, 6.07) is 16.8. The van der Waals surface area contributed by atoms with E-state index in [1.807, 2.05) is 62.0 Å². The Morgan fingerprint density at radius 2 is 1.79 bits per heavy atom. The van der Waals surface area contributed by atoms with Gasteiger partial charge in [0.25, 0.3) is 0 Å². The number of hydrogen-bond acceptors (Lipinski definition) is 3. The van der Waals surface area contributed by atoms with Gasteiger partial charge in [-0.3, -0.25) is 0 Å². The van der Waals surface area contributed by atoms with Crippen LogP contribution in [-0.2, 0) is 0 Å². The molecule has 0 spiro atoms. The van der Waals surface area contributed by atoms with Crippen LogP contribution in [0.15, 0.2) is 59.0 Å². The smallest absolute Gasteiger partial charge is 0.336 e. The fraction of sp³-hybridized carbons (Fsp3) is 0.130. The highest BCUT2D eigenvalue weighted by Crippen LogP contribution is 2.41. The van der Waals surface area contributed by atoms with E-state index in [9.17, 15) is 9.90 Å². The van der Waals surface area contributed by atoms with Gasteiger partial charge >= 0.3 is 5.97 Å². The number of nitrogen functional groups attached to an aromatic ring is 1. The molecule has 5 heteroatoms. The lowest BCUT2D eigenvalue weighted by Crippen LogP contribution is -2.21. The first-order chi connectivity index (χ1) is 13.3. The number of hydrogen-bond donors (Lipinski definition) is 2. The highest BCUT2D eigenvalue weighted by atomic mass is 16.4. The van der Waals surface area contributed by atoms with Crippen molar-refractivity contribution in [1.82, 2.24) is 4.58 Å². The van der Waals surface area contributed by atoms with Crippen LogP contribution < -0.4 is 15.7 Å². The molecule has 1 aliphatic heterocycles. The number of carboxylic acid groups (broad SMARTS) is 1. The van der Waals surface area contributed by atoms with Gasteiger partial charge in [0.2, 0.25) is 5.36 Å². The average Bonchev–Trinajstić information content (AvgIpc) is 2.65. The van der Waals surface area contributed by atoms with Gasteiger partial charge in [-0.1, -0.05) is 17.7 Å². The Morgan fingerprint density at radius 1 is 1.00 bits per heavy atom. The van der Waals surface area contributed by atoms with Gasteiger partial charge < -0.3 is 15.3 Å². The summed E-state index contributed by atoms with van der Waals surface area (Å²) in [5.74, 6) is -0.283. The van der Waals surface area contributed by atoms with Crippen molar-refractivity contribution in [2.45, 2.75) is 6.92 Å². The van der Waals surface area contributed by atoms with Crippen LogP contribution in [0.5, 0.6) is 0 Å². The van der Waals surface area contributed by atoms with Gasteiger partial charge in [-0.25, -0.2) is 9.37 Å². The third kappa shape index (κ3) is 2.91. The molecule has 2 aromatic carbocycles. The second-order valence-electron chi connectivity index (χ2n) is 7.16. The minimum absolute atomic E-state index is 0.257. The molecule has 0 aromatic heterocycles. The fourth-order valence-electron chi connectivity index (χ4n) is 3.52. The summed E-state index contributed by atoms with van der Waals surface area (Å²) in [7, 11) is 3.93. The number of anilines is 1. The third-order valence-electron chi connectivity index (χ3n) is 4.92. The van der Waals surface area contributed by atoms with Crippen molar-refractivity contribution in [3.05, 3.63) is 71.1 Å². The molecule has 0 bridgehead atoms. The molecule has 0 fully saturated rings. The predicted octanol–water partition coefficient (Wildman–Crippen LogP) is 3.83. The number of nitrogens with zero attached hydrogens (tertiary/aromatic N) is 1. The van der Waals surface area contributed by atoms with E-state index < -0.39 is 5.97 Å². The number of carbonyl (C=O) groups is 1. The normalized spacial score (nSPS) is 11.1. The van der Waals surface area contributed by atoms with E-state index in [-0.39, 0.29) is 5.56 Å². The fourth-order valence-corrected chi connectivity index (χ4v) is 3.52. The lowest BCUT2D eigenvalue weighted by Gasteiger charge is -2.17. The number of nitrogens with two attached hydrogens (primary N) is 1. The van der Waals surface area contributed by atoms with E-state index in [4.69, 9.17) is 10.2 Å². The molecule has 0 atom stereocenters. The summed E-state index contributed by atoms with van der Waals surface area (Å²) in [6.07, 6.45) is 0. The number of benzene rings is 3. The monoisotopic (exact) mass is 373 g/mol.